The van der Waals surface area contributed by atoms with Gasteiger partial charge in [-0.25, -0.2) is 4.39 Å². The van der Waals surface area contributed by atoms with Crippen LogP contribution in [0.15, 0.2) is 36.4 Å². The van der Waals surface area contributed by atoms with Gasteiger partial charge >= 0.3 is 11.8 Å². The molecule has 0 bridgehead atoms. The van der Waals surface area contributed by atoms with E-state index in [2.05, 4.69) is 5.32 Å². The molecule has 2 aromatic carbocycles. The monoisotopic (exact) mass is 445 g/mol. The average Bonchev–Trinajstić information content (AvgIpc) is 2.79. The molecule has 2 aromatic rings. The molecule has 1 aliphatic rings. The van der Waals surface area contributed by atoms with Gasteiger partial charge in [-0.3, -0.25) is 14.4 Å². The summed E-state index contributed by atoms with van der Waals surface area (Å²) in [4.78, 5) is 40.0. The van der Waals surface area contributed by atoms with Gasteiger partial charge in [0, 0.05) is 37.5 Å². The third-order valence-corrected chi connectivity index (χ3v) is 4.97. The fourth-order valence-electron chi connectivity index (χ4n) is 3.35. The molecule has 10 heteroatoms. The van der Waals surface area contributed by atoms with Crippen molar-refractivity contribution < 1.29 is 33.0 Å². The highest BCUT2D eigenvalue weighted by Crippen LogP contribution is 2.39. The van der Waals surface area contributed by atoms with E-state index >= 15 is 0 Å². The maximum atomic E-state index is 13.1. The van der Waals surface area contributed by atoms with Gasteiger partial charge in [0.2, 0.25) is 11.7 Å². The van der Waals surface area contributed by atoms with Crippen LogP contribution in [0.25, 0.3) is 0 Å². The number of rotatable bonds is 8. The second-order valence-corrected chi connectivity index (χ2v) is 7.04. The van der Waals surface area contributed by atoms with Crippen molar-refractivity contribution in [2.45, 2.75) is 6.54 Å². The summed E-state index contributed by atoms with van der Waals surface area (Å²) in [5.41, 5.74) is 1.10. The first-order valence-corrected chi connectivity index (χ1v) is 9.78. The van der Waals surface area contributed by atoms with Crippen LogP contribution in [0, 0.1) is 5.82 Å². The zero-order valence-electron chi connectivity index (χ0n) is 18.0. The van der Waals surface area contributed by atoms with Crippen molar-refractivity contribution in [3.63, 3.8) is 0 Å². The summed E-state index contributed by atoms with van der Waals surface area (Å²) in [7, 11) is 4.38. The molecule has 1 aliphatic heterocycles. The van der Waals surface area contributed by atoms with Gasteiger partial charge in [-0.15, -0.1) is 0 Å². The van der Waals surface area contributed by atoms with Crippen LogP contribution in [0.5, 0.6) is 17.2 Å². The number of anilines is 1. The Kier molecular flexibility index (Phi) is 7.14. The molecule has 1 fully saturated rings. The van der Waals surface area contributed by atoms with E-state index in [4.69, 9.17) is 14.2 Å². The Morgan fingerprint density at radius 3 is 2.06 bits per heavy atom. The minimum absolute atomic E-state index is 0.191. The van der Waals surface area contributed by atoms with E-state index in [9.17, 15) is 18.8 Å². The van der Waals surface area contributed by atoms with Crippen LogP contribution in [0.3, 0.4) is 0 Å². The molecule has 170 valence electrons. The van der Waals surface area contributed by atoms with Gasteiger partial charge in [-0.05, 0) is 17.7 Å². The highest BCUT2D eigenvalue weighted by molar-refractivity contribution is 6.35. The molecule has 0 radical (unpaired) electrons. The van der Waals surface area contributed by atoms with E-state index in [1.54, 1.807) is 24.3 Å². The molecule has 0 aromatic heterocycles. The van der Waals surface area contributed by atoms with Gasteiger partial charge in [0.25, 0.3) is 0 Å². The highest BCUT2D eigenvalue weighted by atomic mass is 19.1. The van der Waals surface area contributed by atoms with Gasteiger partial charge in [-0.2, -0.15) is 0 Å². The topological polar surface area (TPSA) is 97.4 Å². The number of piperazine rings is 1. The molecule has 3 rings (SSSR count). The summed E-state index contributed by atoms with van der Waals surface area (Å²) in [5, 5.41) is 2.67. The Morgan fingerprint density at radius 2 is 1.50 bits per heavy atom. The lowest BCUT2D eigenvalue weighted by Gasteiger charge is -2.33. The van der Waals surface area contributed by atoms with Crippen molar-refractivity contribution in [3.05, 3.63) is 47.8 Å². The van der Waals surface area contributed by atoms with Gasteiger partial charge in [0.15, 0.2) is 11.5 Å². The molecule has 1 heterocycles. The molecule has 0 saturated carbocycles. The van der Waals surface area contributed by atoms with Crippen LogP contribution in [0.1, 0.15) is 5.56 Å². The molecular weight excluding hydrogens is 421 g/mol. The number of ether oxygens (including phenoxy) is 3. The average molecular weight is 445 g/mol. The molecular formula is C22H24FN3O6. The Balaban J connectivity index is 1.62. The van der Waals surface area contributed by atoms with E-state index < -0.39 is 17.7 Å². The first-order chi connectivity index (χ1) is 15.4. The Hall–Kier alpha value is -3.82. The largest absolute Gasteiger partial charge is 0.493 e. The van der Waals surface area contributed by atoms with Crippen LogP contribution >= 0.6 is 0 Å². The number of halogens is 1. The number of hydrogen-bond acceptors (Lipinski definition) is 6. The number of amides is 3. The van der Waals surface area contributed by atoms with Crippen LogP contribution in [-0.2, 0) is 20.9 Å². The number of carbonyl (C=O) groups is 3. The summed E-state index contributed by atoms with van der Waals surface area (Å²) in [6.07, 6.45) is 0. The van der Waals surface area contributed by atoms with E-state index in [1.165, 1.54) is 43.3 Å². The number of carbonyl (C=O) groups excluding carboxylic acids is 3. The maximum absolute atomic E-state index is 13.1. The minimum atomic E-state index is -0.765. The van der Waals surface area contributed by atoms with Gasteiger partial charge < -0.3 is 29.3 Å². The molecule has 0 unspecified atom stereocenters. The molecule has 1 N–H and O–H groups in total. The number of nitrogens with one attached hydrogen (secondary N) is 1. The lowest BCUT2D eigenvalue weighted by atomic mass is 10.2. The van der Waals surface area contributed by atoms with Crippen LogP contribution in [0.2, 0.25) is 0 Å². The van der Waals surface area contributed by atoms with Crippen molar-refractivity contribution in [3.8, 4) is 17.2 Å². The zero-order chi connectivity index (χ0) is 23.3. The number of benzene rings is 2. The fourth-order valence-corrected chi connectivity index (χ4v) is 3.35. The summed E-state index contributed by atoms with van der Waals surface area (Å²) in [6.45, 7) is 0.371. The van der Waals surface area contributed by atoms with Crippen LogP contribution in [-0.4, -0.2) is 68.5 Å². The zero-order valence-corrected chi connectivity index (χ0v) is 18.0. The smallest absolute Gasteiger partial charge is 0.312 e. The lowest BCUT2D eigenvalue weighted by molar-refractivity contribution is -0.157. The summed E-state index contributed by atoms with van der Waals surface area (Å²) in [6, 6.07) is 8.84. The van der Waals surface area contributed by atoms with Crippen LogP contribution < -0.4 is 19.5 Å². The predicted octanol–water partition coefficient (Wildman–Crippen LogP) is 1.66. The second-order valence-electron chi connectivity index (χ2n) is 7.04. The van der Waals surface area contributed by atoms with Crippen molar-refractivity contribution in [1.82, 2.24) is 9.80 Å². The van der Waals surface area contributed by atoms with Gasteiger partial charge in [0.1, 0.15) is 12.4 Å². The predicted molar refractivity (Wildman–Crippen MR) is 113 cm³/mol. The van der Waals surface area contributed by atoms with Crippen molar-refractivity contribution in [2.75, 3.05) is 46.3 Å². The molecule has 3 amide bonds. The van der Waals surface area contributed by atoms with Crippen LogP contribution in [0.4, 0.5) is 10.1 Å². The van der Waals surface area contributed by atoms with Crippen molar-refractivity contribution in [1.29, 1.82) is 0 Å². The first-order valence-electron chi connectivity index (χ1n) is 9.78. The molecule has 32 heavy (non-hydrogen) atoms. The van der Waals surface area contributed by atoms with E-state index in [1.807, 2.05) is 0 Å². The number of hydrogen-bond donors (Lipinski definition) is 1. The maximum Gasteiger partial charge on any atom is 0.312 e. The third kappa shape index (κ3) is 5.08. The van der Waals surface area contributed by atoms with E-state index in [0.29, 0.717) is 28.5 Å². The molecule has 0 atom stereocenters. The first kappa shape index (κ1) is 22.9. The third-order valence-electron chi connectivity index (χ3n) is 4.97. The fraction of sp³-hybridized carbons (Fsp3) is 0.318. The van der Waals surface area contributed by atoms with E-state index in [-0.39, 0.29) is 32.0 Å². The highest BCUT2D eigenvalue weighted by Gasteiger charge is 2.33. The Labute approximate surface area is 184 Å². The molecule has 1 saturated heterocycles. The van der Waals surface area contributed by atoms with Crippen molar-refractivity contribution in [2.24, 2.45) is 0 Å². The van der Waals surface area contributed by atoms with Gasteiger partial charge in [-0.1, -0.05) is 12.1 Å². The second kappa shape index (κ2) is 9.99. The van der Waals surface area contributed by atoms with E-state index in [0.717, 1.165) is 0 Å². The summed E-state index contributed by atoms with van der Waals surface area (Å²) >= 11 is 0. The quantitative estimate of drug-likeness (QED) is 0.621. The normalized spacial score (nSPS) is 13.8. The van der Waals surface area contributed by atoms with Crippen molar-refractivity contribution >= 4 is 23.4 Å². The lowest BCUT2D eigenvalue weighted by Crippen LogP contribution is -2.55. The Bertz CT molecular complexity index is 986. The summed E-state index contributed by atoms with van der Waals surface area (Å²) < 4.78 is 28.8. The minimum Gasteiger partial charge on any atom is -0.493 e. The van der Waals surface area contributed by atoms with Gasteiger partial charge in [0.05, 0.1) is 21.3 Å². The molecule has 0 aliphatic carbocycles. The SMILES string of the molecule is COc1cc(NC(=O)CN2CCN(Cc3ccc(F)cc3)C(=O)C2=O)cc(OC)c1OC. The molecule has 0 spiro atoms. The number of nitrogens with zero attached hydrogens (tertiary/aromatic N) is 2. The standard InChI is InChI=1S/C22H24FN3O6/c1-30-17-10-16(11-18(31-2)20(17)32-3)24-19(27)13-26-9-8-25(21(28)22(26)29)12-14-4-6-15(23)7-5-14/h4-7,10-11H,8-9,12-13H2,1-3H3,(H,24,27). The number of methoxy groups -OCH3 is 3. The Morgan fingerprint density at radius 1 is 0.938 bits per heavy atom. The summed E-state index contributed by atoms with van der Waals surface area (Å²) in [5.74, 6) is -1.22. The molecule has 9 nitrogen and oxygen atoms in total.